The third-order valence-corrected chi connectivity index (χ3v) is 6.47. The van der Waals surface area contributed by atoms with Gasteiger partial charge in [0.2, 0.25) is 5.91 Å². The van der Waals surface area contributed by atoms with E-state index in [1.807, 2.05) is 0 Å². The molecule has 0 fully saturated rings. The van der Waals surface area contributed by atoms with Gasteiger partial charge >= 0.3 is 0 Å². The van der Waals surface area contributed by atoms with Crippen LogP contribution in [0.4, 0.5) is 0 Å². The van der Waals surface area contributed by atoms with E-state index < -0.39 is 6.15 Å². The van der Waals surface area contributed by atoms with E-state index in [4.69, 9.17) is 0 Å². The minimum absolute atomic E-state index is 0.0987. The topological polar surface area (TPSA) is 29.1 Å². The zero-order chi connectivity index (χ0) is 25.9. The third-order valence-electron chi connectivity index (χ3n) is 6.47. The van der Waals surface area contributed by atoms with Crippen molar-refractivity contribution in [3.63, 3.8) is 0 Å². The highest BCUT2D eigenvalue weighted by Gasteiger charge is 2.31. The van der Waals surface area contributed by atoms with Crippen LogP contribution in [0.25, 0.3) is 0 Å². The van der Waals surface area contributed by atoms with Crippen LogP contribution in [0.2, 0.25) is 0 Å². The molecule has 1 N–H and O–H groups in total. The third kappa shape index (κ3) is 6.83. The van der Waals surface area contributed by atoms with Crippen LogP contribution in [0.15, 0.2) is 134 Å². The molecule has 0 aliphatic heterocycles. The van der Waals surface area contributed by atoms with Gasteiger partial charge in [0.25, 0.3) is 0 Å². The van der Waals surface area contributed by atoms with Crippen LogP contribution >= 0.6 is 0 Å². The number of nitrogens with one attached hydrogen (secondary N) is 1. The smallest absolute Gasteiger partial charge is 0.243 e. The van der Waals surface area contributed by atoms with Gasteiger partial charge in [-0.3, -0.25) is 4.79 Å². The summed E-state index contributed by atoms with van der Waals surface area (Å²) in [6.45, 7) is 4.99. The van der Waals surface area contributed by atoms with Crippen LogP contribution in [0.5, 0.6) is 0 Å². The van der Waals surface area contributed by atoms with Crippen LogP contribution in [0, 0.1) is 0 Å². The number of amides is 1. The van der Waals surface area contributed by atoms with Crippen LogP contribution < -0.4 is 27.2 Å². The van der Waals surface area contributed by atoms with E-state index in [9.17, 15) is 4.79 Å². The summed E-state index contributed by atoms with van der Waals surface area (Å²) < 4.78 is 0.859. The lowest BCUT2D eigenvalue weighted by Gasteiger charge is -2.44. The molecule has 0 heterocycles. The number of likely N-dealkylation sites (N-methyl/N-ethyl adjacent to an activating group) is 1. The fraction of sp³-hybridized carbons (Fsp3) is 0.156. The van der Waals surface area contributed by atoms with Gasteiger partial charge in [-0.1, -0.05) is 128 Å². The van der Waals surface area contributed by atoms with E-state index in [1.54, 1.807) is 0 Å². The van der Waals surface area contributed by atoms with E-state index in [1.165, 1.54) is 27.9 Å². The lowest BCUT2D eigenvalue weighted by molar-refractivity contribution is -0.869. The Balaban J connectivity index is 0.000000280. The Hall–Kier alpha value is -3.89. The van der Waals surface area contributed by atoms with Gasteiger partial charge in [0.1, 0.15) is 6.15 Å². The number of carbonyl (C=O) groups is 1. The maximum Gasteiger partial charge on any atom is 0.243 e. The minimum atomic E-state index is -1.22. The Morgan fingerprint density at radius 2 is 0.972 bits per heavy atom. The average Bonchev–Trinajstić information content (AvgIpc) is 2.91. The van der Waals surface area contributed by atoms with Crippen molar-refractivity contribution >= 4 is 33.9 Å². The number of hydrogen-bond donors (Lipinski definition) is 1. The molecule has 0 bridgehead atoms. The number of hydrogen-bond acceptors (Lipinski definition) is 1. The summed E-state index contributed by atoms with van der Waals surface area (Å²) in [5.74, 6) is -0.0987. The molecular formula is C32H37BN2O. The second-order valence-electron chi connectivity index (χ2n) is 10.0. The normalized spacial score (nSPS) is 11.1. The molecule has 0 atom stereocenters. The van der Waals surface area contributed by atoms with Gasteiger partial charge in [-0.2, -0.15) is 21.9 Å². The van der Waals surface area contributed by atoms with Gasteiger partial charge < -0.3 is 9.80 Å². The summed E-state index contributed by atoms with van der Waals surface area (Å²) in [6.07, 6.45) is 0.0718. The predicted octanol–water partition coefficient (Wildman–Crippen LogP) is 3.06. The van der Waals surface area contributed by atoms with Gasteiger partial charge in [0.15, 0.2) is 0 Å². The van der Waals surface area contributed by atoms with Gasteiger partial charge in [0.05, 0.1) is 34.2 Å². The summed E-state index contributed by atoms with van der Waals surface area (Å²) >= 11 is 0. The van der Waals surface area contributed by atoms with Crippen molar-refractivity contribution in [3.8, 4) is 0 Å². The van der Waals surface area contributed by atoms with E-state index in [0.717, 1.165) is 11.0 Å². The Morgan fingerprint density at radius 3 is 1.22 bits per heavy atom. The Bertz CT molecular complexity index is 1040. The highest BCUT2D eigenvalue weighted by atomic mass is 16.1. The fourth-order valence-electron chi connectivity index (χ4n) is 4.71. The van der Waals surface area contributed by atoms with E-state index in [-0.39, 0.29) is 5.91 Å². The molecule has 3 nitrogen and oxygen atoms in total. The van der Waals surface area contributed by atoms with Crippen molar-refractivity contribution in [3.05, 3.63) is 134 Å². The molecule has 0 aliphatic rings. The number of benzene rings is 4. The molecule has 0 saturated heterocycles. The molecule has 0 saturated carbocycles. The standard InChI is InChI=1S/C24H20B.C8H16N2O/c1-5-13-21(14-6-1)25(22-15-7-2-8-16-22,23-17-9-3-10-18-23)24-19-11-4-12-20-24;1-5-8(11)9-6-7-10(2,3)4/h1-20H;5H,1,6-7H2,2-4H3/q-1;/p+1. The summed E-state index contributed by atoms with van der Waals surface area (Å²) in [7, 11) is 6.25. The number of carbonyl (C=O) groups excluding carboxylic acids is 1. The molecule has 36 heavy (non-hydrogen) atoms. The van der Waals surface area contributed by atoms with Crippen molar-refractivity contribution in [1.82, 2.24) is 5.32 Å². The van der Waals surface area contributed by atoms with E-state index in [0.29, 0.717) is 6.54 Å². The SMILES string of the molecule is C=CC(=O)NCC[N+](C)(C)C.c1ccc([B-](c2ccccc2)(c2ccccc2)c2ccccc2)cc1. The Morgan fingerprint density at radius 1 is 0.667 bits per heavy atom. The predicted molar refractivity (Wildman–Crippen MR) is 156 cm³/mol. The molecule has 4 aromatic rings. The van der Waals surface area contributed by atoms with Gasteiger partial charge in [0, 0.05) is 0 Å². The highest BCUT2D eigenvalue weighted by Crippen LogP contribution is 2.09. The summed E-state index contributed by atoms with van der Waals surface area (Å²) in [4.78, 5) is 10.7. The van der Waals surface area contributed by atoms with Crippen LogP contribution in [-0.4, -0.2) is 50.8 Å². The van der Waals surface area contributed by atoms with Crippen molar-refractivity contribution in [2.75, 3.05) is 34.2 Å². The van der Waals surface area contributed by atoms with Crippen LogP contribution in [0.3, 0.4) is 0 Å². The Labute approximate surface area is 216 Å². The highest BCUT2D eigenvalue weighted by molar-refractivity contribution is 7.19. The van der Waals surface area contributed by atoms with Crippen molar-refractivity contribution in [1.29, 1.82) is 0 Å². The minimum Gasteiger partial charge on any atom is -0.347 e. The number of rotatable bonds is 8. The first-order valence-corrected chi connectivity index (χ1v) is 12.5. The van der Waals surface area contributed by atoms with Gasteiger partial charge in [-0.05, 0) is 6.08 Å². The molecule has 0 aromatic heterocycles. The molecular weight excluding hydrogens is 439 g/mol. The first-order chi connectivity index (χ1) is 17.4. The maximum absolute atomic E-state index is 10.7. The molecule has 0 aliphatic carbocycles. The second-order valence-corrected chi connectivity index (χ2v) is 10.0. The molecule has 4 aromatic carbocycles. The first kappa shape index (κ1) is 26.7. The zero-order valence-corrected chi connectivity index (χ0v) is 21.7. The molecule has 0 spiro atoms. The largest absolute Gasteiger partial charge is 0.347 e. The summed E-state index contributed by atoms with van der Waals surface area (Å²) in [5, 5.41) is 2.72. The lowest BCUT2D eigenvalue weighted by atomic mass is 9.13. The quantitative estimate of drug-likeness (QED) is 0.237. The number of nitrogens with zero attached hydrogens (tertiary/aromatic N) is 1. The zero-order valence-electron chi connectivity index (χ0n) is 21.7. The second kappa shape index (κ2) is 12.7. The lowest BCUT2D eigenvalue weighted by Crippen LogP contribution is -2.74. The molecule has 0 unspecified atom stereocenters. The van der Waals surface area contributed by atoms with Gasteiger partial charge in [-0.25, -0.2) is 0 Å². The molecule has 1 amide bonds. The van der Waals surface area contributed by atoms with Crippen molar-refractivity contribution < 1.29 is 9.28 Å². The van der Waals surface area contributed by atoms with E-state index >= 15 is 0 Å². The fourth-order valence-corrected chi connectivity index (χ4v) is 4.71. The Kier molecular flexibility index (Phi) is 9.43. The van der Waals surface area contributed by atoms with Crippen molar-refractivity contribution in [2.24, 2.45) is 0 Å². The molecule has 184 valence electrons. The molecule has 4 heteroatoms. The summed E-state index contributed by atoms with van der Waals surface area (Å²) in [6, 6.07) is 43.5. The monoisotopic (exact) mass is 476 g/mol. The van der Waals surface area contributed by atoms with Crippen LogP contribution in [-0.2, 0) is 4.79 Å². The van der Waals surface area contributed by atoms with Gasteiger partial charge in [-0.15, -0.1) is 0 Å². The number of quaternary nitrogens is 1. The first-order valence-electron chi connectivity index (χ1n) is 12.5. The average molecular weight is 476 g/mol. The maximum atomic E-state index is 10.7. The molecule has 4 rings (SSSR count). The summed E-state index contributed by atoms with van der Waals surface area (Å²) in [5.41, 5.74) is 5.36. The molecule has 0 radical (unpaired) electrons. The van der Waals surface area contributed by atoms with Crippen LogP contribution in [0.1, 0.15) is 0 Å². The van der Waals surface area contributed by atoms with E-state index in [2.05, 4.69) is 154 Å². The van der Waals surface area contributed by atoms with Crippen molar-refractivity contribution in [2.45, 2.75) is 0 Å².